The maximum absolute atomic E-state index is 12.7. The highest BCUT2D eigenvalue weighted by atomic mass is 79.9. The van der Waals surface area contributed by atoms with Gasteiger partial charge in [0.2, 0.25) is 5.91 Å². The van der Waals surface area contributed by atoms with E-state index in [4.69, 9.17) is 0 Å². The van der Waals surface area contributed by atoms with Gasteiger partial charge in [0.15, 0.2) is 11.0 Å². The molecule has 2 N–H and O–H groups in total. The molecule has 3 aromatic carbocycles. The van der Waals surface area contributed by atoms with Gasteiger partial charge in [0.1, 0.15) is 5.75 Å². The lowest BCUT2D eigenvalue weighted by Gasteiger charge is -2.14. The van der Waals surface area contributed by atoms with E-state index in [1.165, 1.54) is 11.8 Å². The first-order chi connectivity index (χ1) is 16.2. The zero-order valence-electron chi connectivity index (χ0n) is 19.4. The van der Waals surface area contributed by atoms with Gasteiger partial charge in [0, 0.05) is 10.2 Å². The molecule has 0 aliphatic heterocycles. The van der Waals surface area contributed by atoms with Crippen LogP contribution < -0.4 is 5.32 Å². The van der Waals surface area contributed by atoms with Gasteiger partial charge in [-0.2, -0.15) is 0 Å². The summed E-state index contributed by atoms with van der Waals surface area (Å²) in [5.74, 6) is 0.649. The molecule has 6 nitrogen and oxygen atoms in total. The van der Waals surface area contributed by atoms with E-state index in [2.05, 4.69) is 37.5 Å². The highest BCUT2D eigenvalue weighted by molar-refractivity contribution is 9.10. The third-order valence-corrected chi connectivity index (χ3v) is 7.06. The van der Waals surface area contributed by atoms with Crippen molar-refractivity contribution >= 4 is 39.3 Å². The molecule has 34 heavy (non-hydrogen) atoms. The quantitative estimate of drug-likeness (QED) is 0.280. The van der Waals surface area contributed by atoms with Crippen molar-refractivity contribution in [2.75, 3.05) is 11.1 Å². The Labute approximate surface area is 211 Å². The zero-order chi connectivity index (χ0) is 24.4. The number of rotatable bonds is 6. The van der Waals surface area contributed by atoms with Crippen LogP contribution in [0.2, 0.25) is 0 Å². The van der Waals surface area contributed by atoms with Crippen LogP contribution in [0.15, 0.2) is 64.2 Å². The Morgan fingerprint density at radius 2 is 1.82 bits per heavy atom. The summed E-state index contributed by atoms with van der Waals surface area (Å²) < 4.78 is 2.71. The van der Waals surface area contributed by atoms with Gasteiger partial charge in [-0.15, -0.1) is 10.2 Å². The average Bonchev–Trinajstić information content (AvgIpc) is 3.20. The fraction of sp³-hybridized carbons (Fsp3) is 0.192. The van der Waals surface area contributed by atoms with Gasteiger partial charge in [-0.25, -0.2) is 0 Å². The van der Waals surface area contributed by atoms with Crippen molar-refractivity contribution in [3.8, 4) is 22.8 Å². The molecule has 0 aliphatic carbocycles. The number of phenols is 1. The van der Waals surface area contributed by atoms with Gasteiger partial charge in [-0.3, -0.25) is 9.36 Å². The van der Waals surface area contributed by atoms with Gasteiger partial charge in [-0.1, -0.05) is 57.5 Å². The Morgan fingerprint density at radius 3 is 2.59 bits per heavy atom. The Morgan fingerprint density at radius 1 is 1.03 bits per heavy atom. The molecule has 0 saturated carbocycles. The number of carbonyl (C=O) groups excluding carboxylic acids is 1. The number of aryl methyl sites for hydroxylation is 3. The summed E-state index contributed by atoms with van der Waals surface area (Å²) in [6, 6.07) is 17.2. The molecule has 0 bridgehead atoms. The lowest BCUT2D eigenvalue weighted by molar-refractivity contribution is -0.113. The van der Waals surface area contributed by atoms with Crippen LogP contribution in [0.1, 0.15) is 22.3 Å². The standard InChI is InChI=1S/C26H25BrN4O2S/c1-15-8-10-22(17(3)12-15)31-25(20-13-19(27)9-11-23(20)32)29-30-26(31)34-14-24(33)28-21-7-5-6-16(2)18(21)4/h5-13,32H,14H2,1-4H3,(H,28,33). The van der Waals surface area contributed by atoms with Crippen LogP contribution >= 0.6 is 27.7 Å². The van der Waals surface area contributed by atoms with Gasteiger partial charge >= 0.3 is 0 Å². The number of amides is 1. The lowest BCUT2D eigenvalue weighted by atomic mass is 10.1. The van der Waals surface area contributed by atoms with Crippen LogP contribution in [0.5, 0.6) is 5.75 Å². The fourth-order valence-corrected chi connectivity index (χ4v) is 4.81. The number of phenolic OH excluding ortho intramolecular Hbond substituents is 1. The summed E-state index contributed by atoms with van der Waals surface area (Å²) in [5.41, 5.74) is 6.60. The molecule has 1 aromatic heterocycles. The number of thioether (sulfide) groups is 1. The van der Waals surface area contributed by atoms with Crippen molar-refractivity contribution in [2.24, 2.45) is 0 Å². The molecular weight excluding hydrogens is 512 g/mol. The van der Waals surface area contributed by atoms with Crippen molar-refractivity contribution < 1.29 is 9.90 Å². The Balaban J connectivity index is 1.69. The third-order valence-electron chi connectivity index (χ3n) is 5.64. The van der Waals surface area contributed by atoms with Crippen LogP contribution in [0.3, 0.4) is 0 Å². The molecule has 4 rings (SSSR count). The van der Waals surface area contributed by atoms with Crippen LogP contribution in [0, 0.1) is 27.7 Å². The first-order valence-corrected chi connectivity index (χ1v) is 12.5. The van der Waals surface area contributed by atoms with Gasteiger partial charge < -0.3 is 10.4 Å². The van der Waals surface area contributed by atoms with Gasteiger partial charge in [0.25, 0.3) is 0 Å². The number of anilines is 1. The van der Waals surface area contributed by atoms with E-state index in [9.17, 15) is 9.90 Å². The van der Waals surface area contributed by atoms with Crippen molar-refractivity contribution in [2.45, 2.75) is 32.9 Å². The predicted octanol–water partition coefficient (Wildman–Crippen LogP) is 6.37. The smallest absolute Gasteiger partial charge is 0.234 e. The topological polar surface area (TPSA) is 80.0 Å². The normalized spacial score (nSPS) is 11.0. The summed E-state index contributed by atoms with van der Waals surface area (Å²) in [6.07, 6.45) is 0. The number of nitrogens with one attached hydrogen (secondary N) is 1. The van der Waals surface area contributed by atoms with Crippen molar-refractivity contribution in [3.63, 3.8) is 0 Å². The van der Waals surface area contributed by atoms with Gasteiger partial charge in [0.05, 0.1) is 17.0 Å². The number of hydrogen-bond donors (Lipinski definition) is 2. The SMILES string of the molecule is Cc1ccc(-n2c(SCC(=O)Nc3cccc(C)c3C)nnc2-c2cc(Br)ccc2O)c(C)c1. The largest absolute Gasteiger partial charge is 0.507 e. The summed E-state index contributed by atoms with van der Waals surface area (Å²) >= 11 is 4.77. The van der Waals surface area contributed by atoms with E-state index < -0.39 is 0 Å². The number of benzene rings is 3. The Kier molecular flexibility index (Phi) is 7.09. The second-order valence-electron chi connectivity index (χ2n) is 8.18. The lowest BCUT2D eigenvalue weighted by Crippen LogP contribution is -2.15. The molecule has 1 heterocycles. The maximum atomic E-state index is 12.7. The fourth-order valence-electron chi connectivity index (χ4n) is 3.70. The second kappa shape index (κ2) is 10.0. The third kappa shape index (κ3) is 5.03. The summed E-state index contributed by atoms with van der Waals surface area (Å²) in [6.45, 7) is 8.07. The number of nitrogens with zero attached hydrogens (tertiary/aromatic N) is 3. The zero-order valence-corrected chi connectivity index (χ0v) is 21.8. The van der Waals surface area contributed by atoms with Gasteiger partial charge in [-0.05, 0) is 74.7 Å². The molecular formula is C26H25BrN4O2S. The van der Waals surface area contributed by atoms with E-state index >= 15 is 0 Å². The summed E-state index contributed by atoms with van der Waals surface area (Å²) in [4.78, 5) is 12.7. The van der Waals surface area contributed by atoms with Crippen LogP contribution in [-0.4, -0.2) is 31.5 Å². The number of aromatic nitrogens is 3. The van der Waals surface area contributed by atoms with Crippen molar-refractivity contribution in [1.82, 2.24) is 14.8 Å². The molecule has 174 valence electrons. The number of halogens is 1. The van der Waals surface area contributed by atoms with Crippen LogP contribution in [0.4, 0.5) is 5.69 Å². The van der Waals surface area contributed by atoms with Crippen molar-refractivity contribution in [3.05, 3.63) is 81.3 Å². The molecule has 0 unspecified atom stereocenters. The molecule has 0 radical (unpaired) electrons. The van der Waals surface area contributed by atoms with Crippen molar-refractivity contribution in [1.29, 1.82) is 0 Å². The minimum absolute atomic E-state index is 0.103. The number of hydrogen-bond acceptors (Lipinski definition) is 5. The molecule has 0 spiro atoms. The summed E-state index contributed by atoms with van der Waals surface area (Å²) in [7, 11) is 0. The first kappa shape index (κ1) is 24.0. The second-order valence-corrected chi connectivity index (χ2v) is 10.0. The molecule has 0 aliphatic rings. The Bertz CT molecular complexity index is 1380. The average molecular weight is 537 g/mol. The summed E-state index contributed by atoms with van der Waals surface area (Å²) in [5, 5.41) is 22.9. The van der Waals surface area contributed by atoms with E-state index in [1.54, 1.807) is 18.2 Å². The van der Waals surface area contributed by atoms with E-state index in [1.807, 2.05) is 62.6 Å². The highest BCUT2D eigenvalue weighted by Gasteiger charge is 2.21. The highest BCUT2D eigenvalue weighted by Crippen LogP contribution is 2.35. The molecule has 1 amide bonds. The molecule has 4 aromatic rings. The Hall–Kier alpha value is -3.10. The number of aromatic hydroxyl groups is 1. The number of carbonyl (C=O) groups is 1. The predicted molar refractivity (Wildman–Crippen MR) is 141 cm³/mol. The van der Waals surface area contributed by atoms with Crippen LogP contribution in [0.25, 0.3) is 17.1 Å². The van der Waals surface area contributed by atoms with E-state index in [-0.39, 0.29) is 17.4 Å². The maximum Gasteiger partial charge on any atom is 0.234 e. The molecule has 8 heteroatoms. The van der Waals surface area contributed by atoms with E-state index in [0.29, 0.717) is 16.5 Å². The minimum atomic E-state index is -0.124. The first-order valence-electron chi connectivity index (χ1n) is 10.8. The minimum Gasteiger partial charge on any atom is -0.507 e. The van der Waals surface area contributed by atoms with E-state index in [0.717, 1.165) is 38.1 Å². The monoisotopic (exact) mass is 536 g/mol. The molecule has 0 saturated heterocycles. The van der Waals surface area contributed by atoms with Crippen LogP contribution in [-0.2, 0) is 4.79 Å². The molecule has 0 fully saturated rings. The molecule has 0 atom stereocenters.